The molecule has 0 atom stereocenters. The van der Waals surface area contributed by atoms with Gasteiger partial charge in [0.25, 0.3) is 5.91 Å². The first-order valence-electron chi connectivity index (χ1n) is 7.51. The fraction of sp³-hybridized carbons (Fsp3) is 0.235. The Hall–Kier alpha value is -2.89. The Bertz CT molecular complexity index is 724. The average Bonchev–Trinajstić information content (AvgIpc) is 3.33. The van der Waals surface area contributed by atoms with Crippen molar-refractivity contribution in [1.29, 1.82) is 0 Å². The first-order valence-corrected chi connectivity index (χ1v) is 7.51. The number of amides is 2. The summed E-state index contributed by atoms with van der Waals surface area (Å²) in [5.74, 6) is -0.200. The monoisotopic (exact) mass is 310 g/mol. The molecule has 6 nitrogen and oxygen atoms in total. The van der Waals surface area contributed by atoms with Gasteiger partial charge in [-0.25, -0.2) is 0 Å². The number of carbonyl (C=O) groups excluding carboxylic acids is 2. The zero-order chi connectivity index (χ0) is 16.2. The summed E-state index contributed by atoms with van der Waals surface area (Å²) in [7, 11) is 0. The molecular formula is C17H18N4O2. The summed E-state index contributed by atoms with van der Waals surface area (Å²) in [6.07, 6.45) is 5.33. The van der Waals surface area contributed by atoms with Gasteiger partial charge in [-0.3, -0.25) is 14.6 Å². The van der Waals surface area contributed by atoms with E-state index in [0.29, 0.717) is 11.6 Å². The van der Waals surface area contributed by atoms with Crippen molar-refractivity contribution < 1.29 is 9.59 Å². The number of rotatable bonds is 5. The Kier molecular flexibility index (Phi) is 4.23. The molecule has 118 valence electrons. The van der Waals surface area contributed by atoms with E-state index in [1.165, 1.54) is 6.92 Å². The first kappa shape index (κ1) is 15.0. The predicted molar refractivity (Wildman–Crippen MR) is 88.8 cm³/mol. The van der Waals surface area contributed by atoms with Gasteiger partial charge in [-0.2, -0.15) is 0 Å². The van der Waals surface area contributed by atoms with Crippen molar-refractivity contribution >= 4 is 28.9 Å². The Morgan fingerprint density at radius 1 is 1.04 bits per heavy atom. The Labute approximate surface area is 134 Å². The second-order valence-corrected chi connectivity index (χ2v) is 5.59. The maximum absolute atomic E-state index is 12.0. The maximum atomic E-state index is 12.0. The van der Waals surface area contributed by atoms with Crippen LogP contribution >= 0.6 is 0 Å². The molecule has 3 rings (SSSR count). The normalized spacial score (nSPS) is 13.3. The molecule has 2 amide bonds. The van der Waals surface area contributed by atoms with Gasteiger partial charge in [-0.1, -0.05) is 0 Å². The molecule has 1 aliphatic carbocycles. The fourth-order valence-corrected chi connectivity index (χ4v) is 2.14. The quantitative estimate of drug-likeness (QED) is 0.793. The molecule has 0 saturated heterocycles. The lowest BCUT2D eigenvalue weighted by Gasteiger charge is -2.09. The lowest BCUT2D eigenvalue weighted by atomic mass is 10.2. The molecule has 2 aromatic rings. The van der Waals surface area contributed by atoms with Crippen molar-refractivity contribution in [3.05, 3.63) is 48.3 Å². The first-order chi connectivity index (χ1) is 11.1. The molecular weight excluding hydrogens is 292 g/mol. The second-order valence-electron chi connectivity index (χ2n) is 5.59. The molecule has 0 bridgehead atoms. The highest BCUT2D eigenvalue weighted by Crippen LogP contribution is 2.21. The maximum Gasteiger partial charge on any atom is 0.253 e. The van der Waals surface area contributed by atoms with Crippen molar-refractivity contribution in [2.75, 3.05) is 10.6 Å². The van der Waals surface area contributed by atoms with Crippen LogP contribution in [0.15, 0.2) is 42.7 Å². The Morgan fingerprint density at radius 2 is 1.74 bits per heavy atom. The summed E-state index contributed by atoms with van der Waals surface area (Å²) >= 11 is 0. The van der Waals surface area contributed by atoms with E-state index in [-0.39, 0.29) is 11.8 Å². The second kappa shape index (κ2) is 6.48. The van der Waals surface area contributed by atoms with E-state index in [2.05, 4.69) is 20.9 Å². The van der Waals surface area contributed by atoms with Gasteiger partial charge in [0, 0.05) is 30.5 Å². The van der Waals surface area contributed by atoms with Gasteiger partial charge in [0.2, 0.25) is 5.91 Å². The van der Waals surface area contributed by atoms with Gasteiger partial charge in [0.05, 0.1) is 17.4 Å². The van der Waals surface area contributed by atoms with Crippen molar-refractivity contribution in [2.45, 2.75) is 25.8 Å². The number of anilines is 3. The smallest absolute Gasteiger partial charge is 0.253 e. The number of aromatic nitrogens is 1. The van der Waals surface area contributed by atoms with Crippen LogP contribution in [0.4, 0.5) is 17.1 Å². The van der Waals surface area contributed by atoms with E-state index in [1.807, 2.05) is 12.1 Å². The van der Waals surface area contributed by atoms with Gasteiger partial charge < -0.3 is 16.0 Å². The summed E-state index contributed by atoms with van der Waals surface area (Å²) in [5, 5.41) is 8.85. The predicted octanol–water partition coefficient (Wildman–Crippen LogP) is 2.68. The highest BCUT2D eigenvalue weighted by atomic mass is 16.2. The van der Waals surface area contributed by atoms with Crippen molar-refractivity contribution in [2.24, 2.45) is 0 Å². The molecule has 23 heavy (non-hydrogen) atoms. The highest BCUT2D eigenvalue weighted by Gasteiger charge is 2.23. The highest BCUT2D eigenvalue weighted by molar-refractivity contribution is 5.95. The van der Waals surface area contributed by atoms with Crippen molar-refractivity contribution in [1.82, 2.24) is 10.3 Å². The molecule has 1 saturated carbocycles. The van der Waals surface area contributed by atoms with Crippen LogP contribution in [0.1, 0.15) is 30.1 Å². The van der Waals surface area contributed by atoms with Crippen LogP contribution < -0.4 is 16.0 Å². The van der Waals surface area contributed by atoms with Gasteiger partial charge in [-0.15, -0.1) is 0 Å². The molecule has 1 fully saturated rings. The molecule has 1 heterocycles. The summed E-state index contributed by atoms with van der Waals surface area (Å²) in [6.45, 7) is 1.47. The standard InChI is InChI=1S/C17H18N4O2/c1-11(22)19-13-2-4-14(5-3-13)20-16-8-12(9-18-10-16)17(23)21-15-6-7-15/h2-5,8-10,15,20H,6-7H2,1H3,(H,19,22)(H,21,23). The third-order valence-electron chi connectivity index (χ3n) is 3.41. The zero-order valence-electron chi connectivity index (χ0n) is 12.8. The third kappa shape index (κ3) is 4.29. The van der Waals surface area contributed by atoms with E-state index >= 15 is 0 Å². The molecule has 0 spiro atoms. The molecule has 3 N–H and O–H groups in total. The number of pyridine rings is 1. The molecule has 0 radical (unpaired) electrons. The minimum Gasteiger partial charge on any atom is -0.354 e. The molecule has 1 aromatic carbocycles. The molecule has 1 aliphatic rings. The van der Waals surface area contributed by atoms with Gasteiger partial charge in [-0.05, 0) is 43.2 Å². The van der Waals surface area contributed by atoms with Crippen LogP contribution in [0.25, 0.3) is 0 Å². The molecule has 1 aromatic heterocycles. The minimum atomic E-state index is -0.107. The van der Waals surface area contributed by atoms with E-state index < -0.39 is 0 Å². The van der Waals surface area contributed by atoms with Gasteiger partial charge in [0.15, 0.2) is 0 Å². The summed E-state index contributed by atoms with van der Waals surface area (Å²) in [5.41, 5.74) is 2.86. The summed E-state index contributed by atoms with van der Waals surface area (Å²) < 4.78 is 0. The number of hydrogen-bond donors (Lipinski definition) is 3. The van der Waals surface area contributed by atoms with Crippen LogP contribution in [-0.4, -0.2) is 22.8 Å². The van der Waals surface area contributed by atoms with E-state index in [1.54, 1.807) is 30.6 Å². The fourth-order valence-electron chi connectivity index (χ4n) is 2.14. The lowest BCUT2D eigenvalue weighted by molar-refractivity contribution is -0.114. The SMILES string of the molecule is CC(=O)Nc1ccc(Nc2cncc(C(=O)NC3CC3)c2)cc1. The van der Waals surface area contributed by atoms with Crippen LogP contribution in [-0.2, 0) is 4.79 Å². The van der Waals surface area contributed by atoms with E-state index in [4.69, 9.17) is 0 Å². The summed E-state index contributed by atoms with van der Waals surface area (Å²) in [6, 6.07) is 9.40. The molecule has 0 unspecified atom stereocenters. The largest absolute Gasteiger partial charge is 0.354 e. The van der Waals surface area contributed by atoms with Gasteiger partial charge >= 0.3 is 0 Å². The lowest BCUT2D eigenvalue weighted by Crippen LogP contribution is -2.25. The number of nitrogens with one attached hydrogen (secondary N) is 3. The Morgan fingerprint density at radius 3 is 2.39 bits per heavy atom. The molecule has 6 heteroatoms. The average molecular weight is 310 g/mol. The number of nitrogens with zero attached hydrogens (tertiary/aromatic N) is 1. The summed E-state index contributed by atoms with van der Waals surface area (Å²) in [4.78, 5) is 27.1. The number of benzene rings is 1. The van der Waals surface area contributed by atoms with Crippen molar-refractivity contribution in [3.8, 4) is 0 Å². The number of carbonyl (C=O) groups is 2. The Balaban J connectivity index is 1.67. The van der Waals surface area contributed by atoms with E-state index in [0.717, 1.165) is 29.9 Å². The van der Waals surface area contributed by atoms with Gasteiger partial charge in [0.1, 0.15) is 0 Å². The van der Waals surface area contributed by atoms with E-state index in [9.17, 15) is 9.59 Å². The van der Waals surface area contributed by atoms with Crippen LogP contribution in [0.2, 0.25) is 0 Å². The third-order valence-corrected chi connectivity index (χ3v) is 3.41. The van der Waals surface area contributed by atoms with Crippen LogP contribution in [0.5, 0.6) is 0 Å². The molecule has 0 aliphatic heterocycles. The number of hydrogen-bond acceptors (Lipinski definition) is 4. The van der Waals surface area contributed by atoms with Crippen LogP contribution in [0, 0.1) is 0 Å². The zero-order valence-corrected chi connectivity index (χ0v) is 12.8. The minimum absolute atomic E-state index is 0.0929. The topological polar surface area (TPSA) is 83.1 Å². The van der Waals surface area contributed by atoms with Crippen molar-refractivity contribution in [3.63, 3.8) is 0 Å². The van der Waals surface area contributed by atoms with Crippen LogP contribution in [0.3, 0.4) is 0 Å².